The number of hydrogen-bond donors (Lipinski definition) is 2. The number of aryl methyl sites for hydroxylation is 1. The Labute approximate surface area is 147 Å². The molecule has 0 radical (unpaired) electrons. The lowest BCUT2D eigenvalue weighted by molar-refractivity contribution is 0.0909. The third kappa shape index (κ3) is 4.10. The molecular formula is C20H24N2O3. The van der Waals surface area contributed by atoms with Crippen molar-refractivity contribution >= 4 is 17.5 Å². The first kappa shape index (κ1) is 17.3. The van der Waals surface area contributed by atoms with E-state index < -0.39 is 0 Å². The summed E-state index contributed by atoms with van der Waals surface area (Å²) in [5, 5.41) is 5.95. The molecule has 2 unspecified atom stereocenters. The van der Waals surface area contributed by atoms with Gasteiger partial charge in [0.05, 0.1) is 6.26 Å². The van der Waals surface area contributed by atoms with E-state index in [0.717, 1.165) is 24.8 Å². The largest absolute Gasteiger partial charge is 0.459 e. The molecule has 0 aliphatic heterocycles. The Morgan fingerprint density at radius 1 is 1.12 bits per heavy atom. The summed E-state index contributed by atoms with van der Waals surface area (Å²) in [5.41, 5.74) is 2.06. The second kappa shape index (κ2) is 7.55. The lowest BCUT2D eigenvalue weighted by Gasteiger charge is -2.29. The van der Waals surface area contributed by atoms with E-state index in [9.17, 15) is 9.59 Å². The zero-order chi connectivity index (χ0) is 17.8. The molecule has 1 aliphatic carbocycles. The zero-order valence-corrected chi connectivity index (χ0v) is 14.7. The van der Waals surface area contributed by atoms with Crippen molar-refractivity contribution < 1.29 is 14.0 Å². The highest BCUT2D eigenvalue weighted by Gasteiger charge is 2.23. The second-order valence-corrected chi connectivity index (χ2v) is 6.80. The van der Waals surface area contributed by atoms with E-state index in [1.54, 1.807) is 24.3 Å². The van der Waals surface area contributed by atoms with Crippen molar-refractivity contribution in [3.8, 4) is 0 Å². The predicted octanol–water partition coefficient (Wildman–Crippen LogP) is 4.15. The molecule has 0 saturated heterocycles. The van der Waals surface area contributed by atoms with Gasteiger partial charge in [-0.1, -0.05) is 25.8 Å². The van der Waals surface area contributed by atoms with Crippen LogP contribution in [0.2, 0.25) is 0 Å². The van der Waals surface area contributed by atoms with Gasteiger partial charge in [0.1, 0.15) is 0 Å². The number of nitrogens with one attached hydrogen (secondary N) is 2. The summed E-state index contributed by atoms with van der Waals surface area (Å²) in [7, 11) is 0. The van der Waals surface area contributed by atoms with Crippen molar-refractivity contribution in [3.63, 3.8) is 0 Å². The minimum atomic E-state index is -0.327. The highest BCUT2D eigenvalue weighted by Crippen LogP contribution is 2.24. The highest BCUT2D eigenvalue weighted by molar-refractivity contribution is 6.03. The maximum atomic E-state index is 12.6. The number of hydrogen-bond acceptors (Lipinski definition) is 3. The molecule has 2 aromatic rings. The number of rotatable bonds is 4. The van der Waals surface area contributed by atoms with E-state index >= 15 is 0 Å². The molecule has 132 valence electrons. The number of carbonyl (C=O) groups is 2. The van der Waals surface area contributed by atoms with Gasteiger partial charge in [-0.3, -0.25) is 9.59 Å². The van der Waals surface area contributed by atoms with Crippen LogP contribution in [0.3, 0.4) is 0 Å². The Morgan fingerprint density at radius 2 is 1.92 bits per heavy atom. The van der Waals surface area contributed by atoms with Gasteiger partial charge in [0.2, 0.25) is 0 Å². The molecule has 2 atom stereocenters. The van der Waals surface area contributed by atoms with Gasteiger partial charge in [0, 0.05) is 17.3 Å². The summed E-state index contributed by atoms with van der Waals surface area (Å²) in [4.78, 5) is 24.8. The van der Waals surface area contributed by atoms with Gasteiger partial charge in [-0.2, -0.15) is 0 Å². The van der Waals surface area contributed by atoms with Gasteiger partial charge in [0.15, 0.2) is 5.76 Å². The summed E-state index contributed by atoms with van der Waals surface area (Å²) in [6.45, 7) is 4.08. The van der Waals surface area contributed by atoms with E-state index in [4.69, 9.17) is 4.42 Å². The van der Waals surface area contributed by atoms with Crippen molar-refractivity contribution in [2.75, 3.05) is 5.32 Å². The minimum Gasteiger partial charge on any atom is -0.459 e. The van der Waals surface area contributed by atoms with Crippen LogP contribution in [0.5, 0.6) is 0 Å². The fraction of sp³-hybridized carbons (Fsp3) is 0.400. The highest BCUT2D eigenvalue weighted by atomic mass is 16.3. The van der Waals surface area contributed by atoms with Gasteiger partial charge < -0.3 is 15.1 Å². The van der Waals surface area contributed by atoms with Gasteiger partial charge in [-0.15, -0.1) is 0 Å². The SMILES string of the molecule is Cc1ccc(C(=O)NC2CCCCC2C)cc1NC(=O)c1ccco1. The van der Waals surface area contributed by atoms with E-state index in [1.807, 2.05) is 13.0 Å². The molecule has 1 fully saturated rings. The van der Waals surface area contributed by atoms with Gasteiger partial charge in [0.25, 0.3) is 11.8 Å². The van der Waals surface area contributed by atoms with Crippen molar-refractivity contribution in [2.24, 2.45) is 5.92 Å². The van der Waals surface area contributed by atoms with Crippen molar-refractivity contribution in [2.45, 2.75) is 45.6 Å². The molecule has 3 rings (SSSR count). The minimum absolute atomic E-state index is 0.0905. The predicted molar refractivity (Wildman–Crippen MR) is 96.7 cm³/mol. The van der Waals surface area contributed by atoms with Crippen molar-refractivity contribution in [3.05, 3.63) is 53.5 Å². The smallest absolute Gasteiger partial charge is 0.291 e. The molecule has 2 N–H and O–H groups in total. The molecule has 1 saturated carbocycles. The average molecular weight is 340 g/mol. The first-order chi connectivity index (χ1) is 12.0. The third-order valence-electron chi connectivity index (χ3n) is 4.92. The van der Waals surface area contributed by atoms with Crippen LogP contribution in [0, 0.1) is 12.8 Å². The van der Waals surface area contributed by atoms with E-state index in [1.165, 1.54) is 12.7 Å². The van der Waals surface area contributed by atoms with Gasteiger partial charge in [-0.25, -0.2) is 0 Å². The number of benzene rings is 1. The maximum absolute atomic E-state index is 12.6. The summed E-state index contributed by atoms with van der Waals surface area (Å²) >= 11 is 0. The summed E-state index contributed by atoms with van der Waals surface area (Å²) in [5.74, 6) is 0.324. The van der Waals surface area contributed by atoms with E-state index in [-0.39, 0.29) is 23.6 Å². The lowest BCUT2D eigenvalue weighted by atomic mass is 9.86. The van der Waals surface area contributed by atoms with E-state index in [2.05, 4.69) is 17.6 Å². The Kier molecular flexibility index (Phi) is 5.22. The topological polar surface area (TPSA) is 71.3 Å². The first-order valence-electron chi connectivity index (χ1n) is 8.81. The van der Waals surface area contributed by atoms with Crippen LogP contribution in [-0.4, -0.2) is 17.9 Å². The Morgan fingerprint density at radius 3 is 2.64 bits per heavy atom. The molecule has 1 aromatic carbocycles. The third-order valence-corrected chi connectivity index (χ3v) is 4.92. The normalized spacial score (nSPS) is 20.1. The summed E-state index contributed by atoms with van der Waals surface area (Å²) < 4.78 is 5.11. The molecule has 5 nitrogen and oxygen atoms in total. The van der Waals surface area contributed by atoms with Crippen LogP contribution in [0.4, 0.5) is 5.69 Å². The first-order valence-corrected chi connectivity index (χ1v) is 8.81. The summed E-state index contributed by atoms with van der Waals surface area (Å²) in [6.07, 6.45) is 6.04. The lowest BCUT2D eigenvalue weighted by Crippen LogP contribution is -2.41. The van der Waals surface area contributed by atoms with Crippen molar-refractivity contribution in [1.29, 1.82) is 0 Å². The molecular weight excluding hydrogens is 316 g/mol. The van der Waals surface area contributed by atoms with E-state index in [0.29, 0.717) is 17.2 Å². The zero-order valence-electron chi connectivity index (χ0n) is 14.7. The van der Waals surface area contributed by atoms with Crippen LogP contribution in [-0.2, 0) is 0 Å². The maximum Gasteiger partial charge on any atom is 0.291 e. The number of amides is 2. The van der Waals surface area contributed by atoms with Gasteiger partial charge >= 0.3 is 0 Å². The van der Waals surface area contributed by atoms with Crippen LogP contribution >= 0.6 is 0 Å². The Balaban J connectivity index is 1.72. The fourth-order valence-corrected chi connectivity index (χ4v) is 3.27. The molecule has 1 heterocycles. The molecule has 1 aliphatic rings. The number of carbonyl (C=O) groups excluding carboxylic acids is 2. The molecule has 1 aromatic heterocycles. The Bertz CT molecular complexity index is 752. The van der Waals surface area contributed by atoms with Crippen LogP contribution in [0.1, 0.15) is 59.1 Å². The van der Waals surface area contributed by atoms with Crippen LogP contribution in [0.15, 0.2) is 41.0 Å². The number of furan rings is 1. The second-order valence-electron chi connectivity index (χ2n) is 6.80. The molecule has 5 heteroatoms. The Hall–Kier alpha value is -2.56. The van der Waals surface area contributed by atoms with Crippen LogP contribution < -0.4 is 10.6 Å². The van der Waals surface area contributed by atoms with Crippen molar-refractivity contribution in [1.82, 2.24) is 5.32 Å². The molecule has 2 amide bonds. The molecule has 0 spiro atoms. The quantitative estimate of drug-likeness (QED) is 0.878. The van der Waals surface area contributed by atoms with Gasteiger partial charge in [-0.05, 0) is 55.5 Å². The standard InChI is InChI=1S/C20H24N2O3/c1-13-6-3-4-7-16(13)21-19(23)15-10-9-14(2)17(12-15)22-20(24)18-8-5-11-25-18/h5,8-13,16H,3-4,6-7H2,1-2H3,(H,21,23)(H,22,24). The molecule has 0 bridgehead atoms. The number of anilines is 1. The monoisotopic (exact) mass is 340 g/mol. The molecule has 25 heavy (non-hydrogen) atoms. The fourth-order valence-electron chi connectivity index (χ4n) is 3.27. The van der Waals surface area contributed by atoms with Crippen LogP contribution in [0.25, 0.3) is 0 Å². The summed E-state index contributed by atoms with van der Waals surface area (Å²) in [6, 6.07) is 8.85. The average Bonchev–Trinajstić information content (AvgIpc) is 3.13.